The summed E-state index contributed by atoms with van der Waals surface area (Å²) in [4.78, 5) is 11.5. The molecule has 6 heteroatoms. The van der Waals surface area contributed by atoms with Gasteiger partial charge in [0.2, 0.25) is 0 Å². The van der Waals surface area contributed by atoms with E-state index in [2.05, 4.69) is 20.3 Å². The highest BCUT2D eigenvalue weighted by Crippen LogP contribution is 2.27. The number of aromatic amines is 1. The lowest BCUT2D eigenvalue weighted by atomic mass is 10.3. The monoisotopic (exact) mass is 336 g/mol. The molecule has 0 radical (unpaired) electrons. The number of nitrogens with one attached hydrogen (secondary N) is 2. The Balaban J connectivity index is 1.52. The van der Waals surface area contributed by atoms with Crippen molar-refractivity contribution in [2.24, 2.45) is 0 Å². The van der Waals surface area contributed by atoms with E-state index in [1.807, 2.05) is 54.7 Å². The fraction of sp³-hybridized carbons (Fsp3) is 0. The third kappa shape index (κ3) is 3.02. The Labute approximate surface area is 143 Å². The van der Waals surface area contributed by atoms with Gasteiger partial charge in [-0.25, -0.2) is 9.97 Å². The highest BCUT2D eigenvalue weighted by atomic mass is 35.5. The number of hydrogen-bond donors (Lipinski definition) is 2. The maximum atomic E-state index is 5.96. The predicted molar refractivity (Wildman–Crippen MR) is 95.1 cm³/mol. The molecule has 0 unspecified atom stereocenters. The first-order valence-corrected chi connectivity index (χ1v) is 7.74. The number of benzene rings is 2. The number of halogens is 1. The summed E-state index contributed by atoms with van der Waals surface area (Å²) in [6.45, 7) is 0. The number of nitrogens with zero attached hydrogens (tertiary/aromatic N) is 2. The van der Waals surface area contributed by atoms with Crippen molar-refractivity contribution in [2.45, 2.75) is 0 Å². The Kier molecular flexibility index (Phi) is 3.76. The summed E-state index contributed by atoms with van der Waals surface area (Å²) >= 11 is 5.96. The van der Waals surface area contributed by atoms with Crippen molar-refractivity contribution in [3.8, 4) is 11.5 Å². The molecule has 0 aliphatic carbocycles. The van der Waals surface area contributed by atoms with Crippen molar-refractivity contribution < 1.29 is 4.74 Å². The number of hydrogen-bond acceptors (Lipinski definition) is 4. The number of aromatic nitrogens is 3. The molecule has 2 aromatic heterocycles. The molecule has 0 aliphatic heterocycles. The first-order chi connectivity index (χ1) is 11.8. The van der Waals surface area contributed by atoms with Gasteiger partial charge in [0.05, 0.1) is 5.39 Å². The van der Waals surface area contributed by atoms with E-state index < -0.39 is 0 Å². The summed E-state index contributed by atoms with van der Waals surface area (Å²) in [5, 5.41) is 4.87. The highest BCUT2D eigenvalue weighted by Gasteiger charge is 2.05. The van der Waals surface area contributed by atoms with Crippen LogP contribution in [0.2, 0.25) is 5.02 Å². The van der Waals surface area contributed by atoms with Gasteiger partial charge in [0, 0.05) is 16.9 Å². The maximum Gasteiger partial charge on any atom is 0.143 e. The Morgan fingerprint density at radius 1 is 0.958 bits per heavy atom. The Bertz CT molecular complexity index is 982. The van der Waals surface area contributed by atoms with Crippen LogP contribution in [0.5, 0.6) is 11.5 Å². The standard InChI is InChI=1S/C18H13ClN4O/c19-12-2-1-3-15(10-12)24-14-6-4-13(5-7-14)23-18-16-8-9-20-17(16)21-11-22-18/h1-11H,(H2,20,21,22,23). The summed E-state index contributed by atoms with van der Waals surface area (Å²) < 4.78 is 5.78. The fourth-order valence-corrected chi connectivity index (χ4v) is 2.56. The van der Waals surface area contributed by atoms with Gasteiger partial charge in [0.25, 0.3) is 0 Å². The van der Waals surface area contributed by atoms with E-state index in [-0.39, 0.29) is 0 Å². The highest BCUT2D eigenvalue weighted by molar-refractivity contribution is 6.30. The second-order valence-corrected chi connectivity index (χ2v) is 5.61. The van der Waals surface area contributed by atoms with Gasteiger partial charge < -0.3 is 15.0 Å². The Hall–Kier alpha value is -3.05. The summed E-state index contributed by atoms with van der Waals surface area (Å²) in [5.41, 5.74) is 1.71. The second-order valence-electron chi connectivity index (χ2n) is 5.17. The molecule has 0 fully saturated rings. The maximum absolute atomic E-state index is 5.96. The number of ether oxygens (including phenoxy) is 1. The van der Waals surface area contributed by atoms with Crippen molar-refractivity contribution >= 4 is 34.1 Å². The topological polar surface area (TPSA) is 62.8 Å². The van der Waals surface area contributed by atoms with Gasteiger partial charge in [-0.1, -0.05) is 17.7 Å². The normalized spacial score (nSPS) is 10.7. The van der Waals surface area contributed by atoms with Crippen molar-refractivity contribution in [1.82, 2.24) is 15.0 Å². The Morgan fingerprint density at radius 3 is 2.67 bits per heavy atom. The van der Waals surface area contributed by atoms with Crippen LogP contribution in [0.1, 0.15) is 0 Å². The lowest BCUT2D eigenvalue weighted by molar-refractivity contribution is 0.483. The minimum Gasteiger partial charge on any atom is -0.457 e. The second kappa shape index (κ2) is 6.22. The number of fused-ring (bicyclic) bond motifs is 1. The number of rotatable bonds is 4. The summed E-state index contributed by atoms with van der Waals surface area (Å²) in [6.07, 6.45) is 3.37. The van der Waals surface area contributed by atoms with Crippen molar-refractivity contribution in [2.75, 3.05) is 5.32 Å². The van der Waals surface area contributed by atoms with Gasteiger partial charge >= 0.3 is 0 Å². The van der Waals surface area contributed by atoms with Crippen LogP contribution in [-0.2, 0) is 0 Å². The van der Waals surface area contributed by atoms with E-state index in [9.17, 15) is 0 Å². The van der Waals surface area contributed by atoms with Crippen molar-refractivity contribution in [3.05, 3.63) is 72.1 Å². The van der Waals surface area contributed by atoms with Gasteiger partial charge in [-0.05, 0) is 48.5 Å². The lowest BCUT2D eigenvalue weighted by Gasteiger charge is -2.09. The molecule has 0 saturated carbocycles. The number of H-pyrrole nitrogens is 1. The molecule has 0 amide bonds. The van der Waals surface area contributed by atoms with Crippen LogP contribution in [0, 0.1) is 0 Å². The molecule has 0 aliphatic rings. The summed E-state index contributed by atoms with van der Waals surface area (Å²) in [6, 6.07) is 16.9. The minimum atomic E-state index is 0.644. The van der Waals surface area contributed by atoms with Crippen molar-refractivity contribution in [1.29, 1.82) is 0 Å². The molecule has 0 atom stereocenters. The summed E-state index contributed by atoms with van der Waals surface area (Å²) in [7, 11) is 0. The zero-order valence-electron chi connectivity index (χ0n) is 12.5. The van der Waals surface area contributed by atoms with E-state index in [1.54, 1.807) is 6.07 Å². The molecular formula is C18H13ClN4O. The minimum absolute atomic E-state index is 0.644. The predicted octanol–water partition coefficient (Wildman–Crippen LogP) is 5.15. The molecule has 4 aromatic rings. The van der Waals surface area contributed by atoms with Crippen LogP contribution < -0.4 is 10.1 Å². The zero-order chi connectivity index (χ0) is 16.4. The van der Waals surface area contributed by atoms with Gasteiger partial charge in [0.15, 0.2) is 0 Å². The first-order valence-electron chi connectivity index (χ1n) is 7.36. The van der Waals surface area contributed by atoms with Crippen LogP contribution in [0.3, 0.4) is 0 Å². The average Bonchev–Trinajstić information content (AvgIpc) is 3.06. The van der Waals surface area contributed by atoms with Crippen LogP contribution >= 0.6 is 11.6 Å². The van der Waals surface area contributed by atoms with Gasteiger partial charge in [0.1, 0.15) is 29.3 Å². The average molecular weight is 337 g/mol. The van der Waals surface area contributed by atoms with Gasteiger partial charge in [-0.2, -0.15) is 0 Å². The van der Waals surface area contributed by atoms with Gasteiger partial charge in [-0.15, -0.1) is 0 Å². The molecular weight excluding hydrogens is 324 g/mol. The zero-order valence-corrected chi connectivity index (χ0v) is 13.3. The van der Waals surface area contributed by atoms with E-state index in [0.717, 1.165) is 28.3 Å². The fourth-order valence-electron chi connectivity index (χ4n) is 2.38. The third-order valence-corrected chi connectivity index (χ3v) is 3.74. The van der Waals surface area contributed by atoms with Crippen molar-refractivity contribution in [3.63, 3.8) is 0 Å². The first kappa shape index (κ1) is 14.5. The van der Waals surface area contributed by atoms with E-state index in [4.69, 9.17) is 16.3 Å². The molecule has 2 N–H and O–H groups in total. The molecule has 0 bridgehead atoms. The Morgan fingerprint density at radius 2 is 1.83 bits per heavy atom. The van der Waals surface area contributed by atoms with Gasteiger partial charge in [-0.3, -0.25) is 0 Å². The van der Waals surface area contributed by atoms with Crippen LogP contribution in [0.15, 0.2) is 67.1 Å². The molecule has 2 aromatic carbocycles. The van der Waals surface area contributed by atoms with E-state index >= 15 is 0 Å². The summed E-state index contributed by atoms with van der Waals surface area (Å²) in [5.74, 6) is 2.19. The largest absolute Gasteiger partial charge is 0.457 e. The van der Waals surface area contributed by atoms with Crippen LogP contribution in [-0.4, -0.2) is 15.0 Å². The molecule has 0 saturated heterocycles. The molecule has 5 nitrogen and oxygen atoms in total. The quantitative estimate of drug-likeness (QED) is 0.541. The van der Waals surface area contributed by atoms with E-state index in [0.29, 0.717) is 10.8 Å². The lowest BCUT2D eigenvalue weighted by Crippen LogP contribution is -1.95. The number of anilines is 2. The molecule has 118 valence electrons. The molecule has 24 heavy (non-hydrogen) atoms. The molecule has 2 heterocycles. The molecule has 4 rings (SSSR count). The smallest absolute Gasteiger partial charge is 0.143 e. The van der Waals surface area contributed by atoms with Crippen LogP contribution in [0.25, 0.3) is 11.0 Å². The molecule has 0 spiro atoms. The third-order valence-electron chi connectivity index (χ3n) is 3.50. The van der Waals surface area contributed by atoms with Crippen LogP contribution in [0.4, 0.5) is 11.5 Å². The SMILES string of the molecule is Clc1cccc(Oc2ccc(Nc3ncnc4[nH]ccc34)cc2)c1. The van der Waals surface area contributed by atoms with E-state index in [1.165, 1.54) is 6.33 Å².